The average Bonchev–Trinajstić information content (AvgIpc) is 2.96. The van der Waals surface area contributed by atoms with Crippen molar-refractivity contribution in [2.24, 2.45) is 4.99 Å². The van der Waals surface area contributed by atoms with E-state index < -0.39 is 17.3 Å². The van der Waals surface area contributed by atoms with Crippen LogP contribution in [0.25, 0.3) is 11.3 Å². The summed E-state index contributed by atoms with van der Waals surface area (Å²) < 4.78 is 19.9. The zero-order chi connectivity index (χ0) is 21.6. The number of hydrogen-bond acceptors (Lipinski definition) is 7. The lowest BCUT2D eigenvalue weighted by atomic mass is 9.79. The smallest absolute Gasteiger partial charge is 0.223 e. The van der Waals surface area contributed by atoms with Crippen molar-refractivity contribution in [3.63, 3.8) is 0 Å². The molecule has 4 rings (SSSR count). The summed E-state index contributed by atoms with van der Waals surface area (Å²) in [6, 6.07) is 3.06. The lowest BCUT2D eigenvalue weighted by Gasteiger charge is -2.28. The Morgan fingerprint density at radius 2 is 2.17 bits per heavy atom. The SMILES string of the molecule is CC(=O)C1=Nc2c(Cl)cc(-c3nc(N[C@@H]4CCOC[C@H]4O)ncc3F)cc2C1(C)C. The zero-order valence-corrected chi connectivity index (χ0v) is 17.6. The first-order valence-corrected chi connectivity index (χ1v) is 10.1. The van der Waals surface area contributed by atoms with Gasteiger partial charge in [0.25, 0.3) is 0 Å². The van der Waals surface area contributed by atoms with E-state index >= 15 is 0 Å². The van der Waals surface area contributed by atoms with Crippen LogP contribution >= 0.6 is 11.6 Å². The van der Waals surface area contributed by atoms with Gasteiger partial charge in [-0.15, -0.1) is 0 Å². The van der Waals surface area contributed by atoms with Gasteiger partial charge >= 0.3 is 0 Å². The number of carbonyl (C=O) groups is 1. The summed E-state index contributed by atoms with van der Waals surface area (Å²) in [5.41, 5.74) is 1.55. The molecule has 1 saturated heterocycles. The van der Waals surface area contributed by atoms with Crippen LogP contribution in [0.4, 0.5) is 16.0 Å². The summed E-state index contributed by atoms with van der Waals surface area (Å²) in [4.78, 5) is 24.8. The molecule has 0 spiro atoms. The molecule has 9 heteroatoms. The van der Waals surface area contributed by atoms with E-state index in [0.29, 0.717) is 35.0 Å². The minimum atomic E-state index is -0.701. The summed E-state index contributed by atoms with van der Waals surface area (Å²) in [6.45, 7) is 5.97. The van der Waals surface area contributed by atoms with E-state index in [1.54, 1.807) is 12.1 Å². The summed E-state index contributed by atoms with van der Waals surface area (Å²) in [7, 11) is 0. The standard InChI is InChI=1S/C21H22ClFN4O3/c1-10(28)19-21(2,3)12-6-11(7-13(22)18(12)26-19)17-14(23)8-24-20(27-17)25-15-4-5-30-9-16(15)29/h6-8,15-16,29H,4-5,9H2,1-3H3,(H,24,25,27)/t15-,16-/m1/s1. The highest BCUT2D eigenvalue weighted by atomic mass is 35.5. The lowest BCUT2D eigenvalue weighted by Crippen LogP contribution is -2.42. The Balaban J connectivity index is 1.72. The van der Waals surface area contributed by atoms with Gasteiger partial charge < -0.3 is 15.2 Å². The van der Waals surface area contributed by atoms with E-state index in [-0.39, 0.29) is 30.1 Å². The number of Topliss-reactive ketones (excluding diaryl/α,β-unsaturated/α-hetero) is 1. The molecule has 0 bridgehead atoms. The topological polar surface area (TPSA) is 96.7 Å². The van der Waals surface area contributed by atoms with Gasteiger partial charge in [0, 0.05) is 24.5 Å². The summed E-state index contributed by atoms with van der Waals surface area (Å²) in [5.74, 6) is -0.537. The van der Waals surface area contributed by atoms with Crippen LogP contribution in [0.1, 0.15) is 32.8 Å². The molecule has 7 nitrogen and oxygen atoms in total. The molecule has 1 aromatic heterocycles. The van der Waals surface area contributed by atoms with E-state index in [9.17, 15) is 14.3 Å². The predicted octanol–water partition coefficient (Wildman–Crippen LogP) is 3.45. The number of ether oxygens (including phenoxy) is 1. The number of carbonyl (C=O) groups excluding carboxylic acids is 1. The fraction of sp³-hybridized carbons (Fsp3) is 0.429. The number of aliphatic imine (C=N–C) groups is 1. The largest absolute Gasteiger partial charge is 0.389 e. The number of aliphatic hydroxyl groups is 1. The monoisotopic (exact) mass is 432 g/mol. The quantitative estimate of drug-likeness (QED) is 0.768. The highest BCUT2D eigenvalue weighted by Crippen LogP contribution is 2.46. The molecular formula is C21H22ClFN4O3. The molecule has 0 amide bonds. The van der Waals surface area contributed by atoms with Crippen LogP contribution in [0, 0.1) is 5.82 Å². The first-order chi connectivity index (χ1) is 14.2. The normalized spacial score (nSPS) is 22.4. The van der Waals surface area contributed by atoms with Crippen LogP contribution in [0.5, 0.6) is 0 Å². The fourth-order valence-electron chi connectivity index (χ4n) is 3.92. The summed E-state index contributed by atoms with van der Waals surface area (Å²) in [6.07, 6.45) is 0.967. The van der Waals surface area contributed by atoms with Gasteiger partial charge in [0.05, 0.1) is 41.4 Å². The Bertz CT molecular complexity index is 1060. The minimum absolute atomic E-state index is 0.0748. The molecule has 3 heterocycles. The van der Waals surface area contributed by atoms with Crippen LogP contribution < -0.4 is 5.32 Å². The number of aromatic nitrogens is 2. The van der Waals surface area contributed by atoms with Gasteiger partial charge in [-0.1, -0.05) is 11.6 Å². The van der Waals surface area contributed by atoms with Crippen LogP contribution in [-0.2, 0) is 14.9 Å². The van der Waals surface area contributed by atoms with Gasteiger partial charge in [-0.3, -0.25) is 4.79 Å². The maximum atomic E-state index is 14.6. The van der Waals surface area contributed by atoms with Crippen molar-refractivity contribution >= 4 is 34.7 Å². The van der Waals surface area contributed by atoms with Crippen LogP contribution in [-0.4, -0.2) is 51.9 Å². The number of hydrogen-bond donors (Lipinski definition) is 2. The fourth-order valence-corrected chi connectivity index (χ4v) is 4.18. The Morgan fingerprint density at radius 3 is 2.87 bits per heavy atom. The van der Waals surface area contributed by atoms with Gasteiger partial charge in [-0.2, -0.15) is 0 Å². The van der Waals surface area contributed by atoms with Crippen LogP contribution in [0.3, 0.4) is 0 Å². The van der Waals surface area contributed by atoms with E-state index in [1.807, 2.05) is 13.8 Å². The molecule has 2 atom stereocenters. The van der Waals surface area contributed by atoms with Crippen molar-refractivity contribution in [3.8, 4) is 11.3 Å². The molecule has 158 valence electrons. The van der Waals surface area contributed by atoms with Crippen LogP contribution in [0.15, 0.2) is 23.3 Å². The first kappa shape index (κ1) is 20.8. The highest BCUT2D eigenvalue weighted by molar-refractivity contribution is 6.45. The number of nitrogens with one attached hydrogen (secondary N) is 1. The molecule has 2 aliphatic rings. The Hall–Kier alpha value is -2.42. The van der Waals surface area contributed by atoms with Crippen molar-refractivity contribution in [2.75, 3.05) is 18.5 Å². The number of benzene rings is 1. The van der Waals surface area contributed by atoms with Gasteiger partial charge in [0.15, 0.2) is 11.6 Å². The van der Waals surface area contributed by atoms with Gasteiger partial charge in [-0.05, 0) is 38.0 Å². The molecule has 2 N–H and O–H groups in total. The van der Waals surface area contributed by atoms with Gasteiger partial charge in [0.2, 0.25) is 5.95 Å². The average molecular weight is 433 g/mol. The highest BCUT2D eigenvalue weighted by Gasteiger charge is 2.39. The summed E-state index contributed by atoms with van der Waals surface area (Å²) in [5, 5.41) is 13.4. The molecule has 2 aromatic rings. The third-order valence-corrected chi connectivity index (χ3v) is 5.83. The molecule has 0 unspecified atom stereocenters. The Morgan fingerprint density at radius 1 is 1.40 bits per heavy atom. The number of ketones is 1. The summed E-state index contributed by atoms with van der Waals surface area (Å²) >= 11 is 6.44. The third kappa shape index (κ3) is 3.59. The Labute approximate surface area is 178 Å². The number of anilines is 1. The Kier molecular flexibility index (Phi) is 5.34. The van der Waals surface area contributed by atoms with Crippen molar-refractivity contribution in [3.05, 3.63) is 34.7 Å². The number of aliphatic hydroxyl groups excluding tert-OH is 1. The number of rotatable bonds is 4. The molecule has 30 heavy (non-hydrogen) atoms. The second-order valence-corrected chi connectivity index (χ2v) is 8.47. The van der Waals surface area contributed by atoms with Gasteiger partial charge in [0.1, 0.15) is 5.69 Å². The molecule has 0 aliphatic carbocycles. The number of fused-ring (bicyclic) bond motifs is 1. The van der Waals surface area contributed by atoms with Crippen molar-refractivity contribution < 1.29 is 19.0 Å². The molecule has 2 aliphatic heterocycles. The molecule has 1 fully saturated rings. The van der Waals surface area contributed by atoms with Crippen LogP contribution in [0.2, 0.25) is 5.02 Å². The maximum Gasteiger partial charge on any atom is 0.223 e. The van der Waals surface area contributed by atoms with Crippen molar-refractivity contribution in [2.45, 2.75) is 44.8 Å². The van der Waals surface area contributed by atoms with Gasteiger partial charge in [-0.25, -0.2) is 19.4 Å². The molecule has 0 saturated carbocycles. The first-order valence-electron chi connectivity index (χ1n) is 9.68. The molecular weight excluding hydrogens is 411 g/mol. The lowest BCUT2D eigenvalue weighted by molar-refractivity contribution is -0.111. The maximum absolute atomic E-state index is 14.6. The van der Waals surface area contributed by atoms with E-state index in [2.05, 4.69) is 20.3 Å². The second kappa shape index (κ2) is 7.68. The third-order valence-electron chi connectivity index (χ3n) is 5.54. The van der Waals surface area contributed by atoms with Crippen molar-refractivity contribution in [1.82, 2.24) is 9.97 Å². The number of nitrogens with zero attached hydrogens (tertiary/aromatic N) is 3. The molecule has 1 aromatic carbocycles. The van der Waals surface area contributed by atoms with E-state index in [4.69, 9.17) is 16.3 Å². The number of halogens is 2. The van der Waals surface area contributed by atoms with Crippen molar-refractivity contribution in [1.29, 1.82) is 0 Å². The molecule has 0 radical (unpaired) electrons. The predicted molar refractivity (Wildman–Crippen MR) is 112 cm³/mol. The minimum Gasteiger partial charge on any atom is -0.389 e. The zero-order valence-electron chi connectivity index (χ0n) is 16.9. The second-order valence-electron chi connectivity index (χ2n) is 8.07. The van der Waals surface area contributed by atoms with E-state index in [0.717, 1.165) is 11.8 Å². The van der Waals surface area contributed by atoms with E-state index in [1.165, 1.54) is 6.92 Å².